The Bertz CT molecular complexity index is 1630. The summed E-state index contributed by atoms with van der Waals surface area (Å²) in [7, 11) is 1.47. The molecule has 2 aliphatic rings. The fourth-order valence-corrected chi connectivity index (χ4v) is 5.49. The normalized spacial score (nSPS) is 16.5. The predicted octanol–water partition coefficient (Wildman–Crippen LogP) is 7.42. The van der Waals surface area contributed by atoms with Crippen molar-refractivity contribution < 1.29 is 32.3 Å². The van der Waals surface area contributed by atoms with Crippen molar-refractivity contribution >= 4 is 28.5 Å². The number of anilines is 1. The maximum atomic E-state index is 13.8. The predicted molar refractivity (Wildman–Crippen MR) is 148 cm³/mol. The summed E-state index contributed by atoms with van der Waals surface area (Å²) < 4.78 is 52.3. The maximum Gasteiger partial charge on any atom is 0.417 e. The molecule has 1 aliphatic carbocycles. The number of alkyl halides is 3. The van der Waals surface area contributed by atoms with E-state index in [1.165, 1.54) is 25.3 Å². The number of allylic oxidation sites excluding steroid dienone is 1. The molecule has 1 aliphatic heterocycles. The van der Waals surface area contributed by atoms with Crippen LogP contribution in [0.15, 0.2) is 59.1 Å². The lowest BCUT2D eigenvalue weighted by atomic mass is 9.93. The molecule has 212 valence electrons. The van der Waals surface area contributed by atoms with E-state index in [2.05, 4.69) is 21.1 Å². The molecule has 6 rings (SSSR count). The van der Waals surface area contributed by atoms with Crippen molar-refractivity contribution in [1.29, 1.82) is 0 Å². The largest absolute Gasteiger partial charge is 0.481 e. The minimum atomic E-state index is -4.50. The lowest BCUT2D eigenvalue weighted by Crippen LogP contribution is -2.33. The van der Waals surface area contributed by atoms with Gasteiger partial charge < -0.3 is 19.3 Å². The molecule has 1 N–H and O–H groups in total. The van der Waals surface area contributed by atoms with E-state index < -0.39 is 17.7 Å². The van der Waals surface area contributed by atoms with Gasteiger partial charge in [0.15, 0.2) is 5.69 Å². The molecule has 10 heteroatoms. The van der Waals surface area contributed by atoms with Crippen molar-refractivity contribution in [3.8, 4) is 17.1 Å². The van der Waals surface area contributed by atoms with Gasteiger partial charge in [-0.05, 0) is 61.3 Å². The molecule has 2 aromatic heterocycles. The molecule has 0 radical (unpaired) electrons. The van der Waals surface area contributed by atoms with Gasteiger partial charge in [-0.3, -0.25) is 0 Å². The fraction of sp³-hybridized carbons (Fsp3) is 0.323. The molecule has 0 bridgehead atoms. The SMILES string of the molecule is COc1nc(C(=O)O)cc2ccc(N3CCC(/C=C/c4c(-c5ccccc5C(F)(F)F)noc4C4CC4)CC3)cc12. The summed E-state index contributed by atoms with van der Waals surface area (Å²) >= 11 is 0. The van der Waals surface area contributed by atoms with Gasteiger partial charge in [0, 0.05) is 41.2 Å². The Balaban J connectivity index is 1.21. The molecular formula is C31H28F3N3O4. The topological polar surface area (TPSA) is 88.7 Å². The molecule has 3 heterocycles. The summed E-state index contributed by atoms with van der Waals surface area (Å²) in [4.78, 5) is 17.8. The van der Waals surface area contributed by atoms with Crippen LogP contribution < -0.4 is 9.64 Å². The van der Waals surface area contributed by atoms with Crippen LogP contribution in [0.3, 0.4) is 0 Å². The van der Waals surface area contributed by atoms with E-state index in [9.17, 15) is 23.1 Å². The number of pyridine rings is 1. The van der Waals surface area contributed by atoms with E-state index in [4.69, 9.17) is 9.26 Å². The fourth-order valence-electron chi connectivity index (χ4n) is 5.49. The second kappa shape index (κ2) is 10.6. The molecule has 1 saturated carbocycles. The van der Waals surface area contributed by atoms with Crippen molar-refractivity contribution in [1.82, 2.24) is 10.1 Å². The number of hydrogen-bond donors (Lipinski definition) is 1. The zero-order chi connectivity index (χ0) is 28.7. The van der Waals surface area contributed by atoms with Crippen LogP contribution in [0.1, 0.15) is 59.0 Å². The Kier molecular flexibility index (Phi) is 6.93. The summed E-state index contributed by atoms with van der Waals surface area (Å²) in [6.07, 6.45) is 3.10. The van der Waals surface area contributed by atoms with Gasteiger partial charge in [-0.1, -0.05) is 41.6 Å². The van der Waals surface area contributed by atoms with Crippen LogP contribution in [0, 0.1) is 5.92 Å². The van der Waals surface area contributed by atoms with Crippen LogP contribution >= 0.6 is 0 Å². The number of piperidine rings is 1. The highest BCUT2D eigenvalue weighted by Crippen LogP contribution is 2.46. The van der Waals surface area contributed by atoms with Crippen LogP contribution in [0.4, 0.5) is 18.9 Å². The van der Waals surface area contributed by atoms with Gasteiger partial charge in [-0.2, -0.15) is 13.2 Å². The monoisotopic (exact) mass is 563 g/mol. The van der Waals surface area contributed by atoms with E-state index in [0.717, 1.165) is 61.3 Å². The molecule has 1 saturated heterocycles. The third kappa shape index (κ3) is 5.38. The van der Waals surface area contributed by atoms with Gasteiger partial charge in [-0.15, -0.1) is 0 Å². The average molecular weight is 564 g/mol. The van der Waals surface area contributed by atoms with Crippen LogP contribution in [-0.2, 0) is 6.18 Å². The van der Waals surface area contributed by atoms with E-state index in [1.807, 2.05) is 24.3 Å². The second-order valence-corrected chi connectivity index (χ2v) is 10.5. The van der Waals surface area contributed by atoms with Gasteiger partial charge in [0.25, 0.3) is 0 Å². The van der Waals surface area contributed by atoms with Crippen molar-refractivity contribution in [2.75, 3.05) is 25.1 Å². The number of aromatic carboxylic acids is 1. The van der Waals surface area contributed by atoms with Crippen molar-refractivity contribution in [3.05, 3.63) is 77.2 Å². The number of rotatable bonds is 7. The summed E-state index contributed by atoms with van der Waals surface area (Å²) in [5.41, 5.74) is 1.10. The number of aromatic nitrogens is 2. The maximum absolute atomic E-state index is 13.8. The molecule has 41 heavy (non-hydrogen) atoms. The van der Waals surface area contributed by atoms with Crippen LogP contribution in [-0.4, -0.2) is 41.4 Å². The van der Waals surface area contributed by atoms with Crippen molar-refractivity contribution in [3.63, 3.8) is 0 Å². The van der Waals surface area contributed by atoms with E-state index >= 15 is 0 Å². The Morgan fingerprint density at radius 1 is 1.10 bits per heavy atom. The first kappa shape index (κ1) is 26.9. The summed E-state index contributed by atoms with van der Waals surface area (Å²) in [5.74, 6) is 0.255. The molecule has 0 atom stereocenters. The smallest absolute Gasteiger partial charge is 0.417 e. The Morgan fingerprint density at radius 3 is 2.54 bits per heavy atom. The second-order valence-electron chi connectivity index (χ2n) is 10.5. The zero-order valence-corrected chi connectivity index (χ0v) is 22.3. The first-order valence-corrected chi connectivity index (χ1v) is 13.5. The van der Waals surface area contributed by atoms with Gasteiger partial charge in [0.2, 0.25) is 5.88 Å². The third-order valence-corrected chi connectivity index (χ3v) is 7.83. The first-order valence-electron chi connectivity index (χ1n) is 13.5. The molecule has 0 amide bonds. The average Bonchev–Trinajstić information content (AvgIpc) is 3.73. The van der Waals surface area contributed by atoms with Crippen LogP contribution in [0.5, 0.6) is 5.88 Å². The number of benzene rings is 2. The number of halogens is 3. The Hall–Kier alpha value is -4.34. The van der Waals surface area contributed by atoms with Gasteiger partial charge in [-0.25, -0.2) is 9.78 Å². The lowest BCUT2D eigenvalue weighted by molar-refractivity contribution is -0.137. The molecule has 0 spiro atoms. The van der Waals surface area contributed by atoms with Gasteiger partial charge in [0.05, 0.1) is 12.7 Å². The standard InChI is InChI=1S/C31H28F3N3O4/c1-40-29-24-17-21(10-9-20(24)16-26(35-29)30(38)39)37-14-12-18(13-15-37)6-11-23-27(36-41-28(23)19-7-8-19)22-4-2-3-5-25(22)31(32,33)34/h2-6,9-11,16-19H,7-8,12-15H2,1H3,(H,38,39)/b11-6+. The summed E-state index contributed by atoms with van der Waals surface area (Å²) in [6, 6.07) is 12.8. The zero-order valence-electron chi connectivity index (χ0n) is 22.3. The van der Waals surface area contributed by atoms with Gasteiger partial charge >= 0.3 is 12.1 Å². The van der Waals surface area contributed by atoms with Gasteiger partial charge in [0.1, 0.15) is 11.5 Å². The van der Waals surface area contributed by atoms with E-state index in [0.29, 0.717) is 11.3 Å². The number of fused-ring (bicyclic) bond motifs is 1. The third-order valence-electron chi connectivity index (χ3n) is 7.83. The number of carboxylic acid groups (broad SMARTS) is 1. The Labute approximate surface area is 234 Å². The minimum Gasteiger partial charge on any atom is -0.481 e. The number of carboxylic acids is 1. The van der Waals surface area contributed by atoms with Crippen molar-refractivity contribution in [2.24, 2.45) is 5.92 Å². The number of nitrogens with zero attached hydrogens (tertiary/aromatic N) is 3. The molecule has 0 unspecified atom stereocenters. The van der Waals surface area contributed by atoms with Crippen LogP contribution in [0.2, 0.25) is 0 Å². The summed E-state index contributed by atoms with van der Waals surface area (Å²) in [5, 5.41) is 14.9. The van der Waals surface area contributed by atoms with Crippen molar-refractivity contribution in [2.45, 2.75) is 37.8 Å². The minimum absolute atomic E-state index is 0.0295. The van der Waals surface area contributed by atoms with E-state index in [1.54, 1.807) is 6.07 Å². The summed E-state index contributed by atoms with van der Waals surface area (Å²) in [6.45, 7) is 1.57. The Morgan fingerprint density at radius 2 is 1.85 bits per heavy atom. The first-order chi connectivity index (χ1) is 19.7. The highest BCUT2D eigenvalue weighted by atomic mass is 19.4. The quantitative estimate of drug-likeness (QED) is 0.250. The highest BCUT2D eigenvalue weighted by Gasteiger charge is 2.37. The molecule has 2 fully saturated rings. The number of hydrogen-bond acceptors (Lipinski definition) is 6. The number of methoxy groups -OCH3 is 1. The molecule has 4 aromatic rings. The number of carbonyl (C=O) groups is 1. The highest BCUT2D eigenvalue weighted by molar-refractivity contribution is 5.96. The van der Waals surface area contributed by atoms with Crippen LogP contribution in [0.25, 0.3) is 28.1 Å². The number of ether oxygens (including phenoxy) is 1. The van der Waals surface area contributed by atoms with E-state index in [-0.39, 0.29) is 34.7 Å². The lowest BCUT2D eigenvalue weighted by Gasteiger charge is -2.32. The molecule has 7 nitrogen and oxygen atoms in total. The molecular weight excluding hydrogens is 535 g/mol. The molecule has 2 aromatic carbocycles.